The topological polar surface area (TPSA) is 93.3 Å². The molecule has 3 heterocycles. The van der Waals surface area contributed by atoms with Gasteiger partial charge in [0.2, 0.25) is 5.95 Å². The van der Waals surface area contributed by atoms with Crippen molar-refractivity contribution < 1.29 is 4.74 Å². The predicted octanol–water partition coefficient (Wildman–Crippen LogP) is 4.15. The summed E-state index contributed by atoms with van der Waals surface area (Å²) in [5.41, 5.74) is 4.57. The molecule has 1 N–H and O–H groups in total. The highest BCUT2D eigenvalue weighted by molar-refractivity contribution is 5.73. The lowest BCUT2D eigenvalue weighted by atomic mass is 10.1. The van der Waals surface area contributed by atoms with Crippen molar-refractivity contribution in [2.45, 2.75) is 6.92 Å². The maximum Gasteiger partial charge on any atom is 0.229 e. The molecule has 9 heteroatoms. The number of hydrogen-bond acceptors (Lipinski definition) is 8. The fourth-order valence-corrected chi connectivity index (χ4v) is 3.40. The van der Waals surface area contributed by atoms with Gasteiger partial charge in [-0.05, 0) is 61.0 Å². The monoisotopic (exact) mass is 438 g/mol. The number of rotatable bonds is 6. The Balaban J connectivity index is 1.38. The Morgan fingerprint density at radius 2 is 1.94 bits per heavy atom. The van der Waals surface area contributed by atoms with Crippen LogP contribution >= 0.6 is 0 Å². The molecular formula is C24H22N8O. The second-order valence-electron chi connectivity index (χ2n) is 7.42. The van der Waals surface area contributed by atoms with Gasteiger partial charge in [0.15, 0.2) is 0 Å². The Hall–Kier alpha value is -4.53. The number of nitrogens with zero attached hydrogens (tertiary/aromatic N) is 7. The smallest absolute Gasteiger partial charge is 0.229 e. The third-order valence-corrected chi connectivity index (χ3v) is 5.24. The molecule has 2 aromatic carbocycles. The second kappa shape index (κ2) is 8.91. The Labute approximate surface area is 191 Å². The van der Waals surface area contributed by atoms with Crippen molar-refractivity contribution in [2.24, 2.45) is 4.99 Å². The van der Waals surface area contributed by atoms with Gasteiger partial charge in [-0.2, -0.15) is 4.98 Å². The lowest BCUT2D eigenvalue weighted by Crippen LogP contribution is -2.20. The number of aryl methyl sites for hydroxylation is 1. The van der Waals surface area contributed by atoms with Gasteiger partial charge in [-0.25, -0.2) is 9.67 Å². The van der Waals surface area contributed by atoms with Crippen LogP contribution in [-0.2, 0) is 0 Å². The van der Waals surface area contributed by atoms with E-state index >= 15 is 0 Å². The molecule has 164 valence electrons. The van der Waals surface area contributed by atoms with Crippen LogP contribution in [0.25, 0.3) is 16.9 Å². The Morgan fingerprint density at radius 3 is 2.73 bits per heavy atom. The van der Waals surface area contributed by atoms with Crippen LogP contribution in [0.1, 0.15) is 5.56 Å². The van der Waals surface area contributed by atoms with Gasteiger partial charge >= 0.3 is 0 Å². The van der Waals surface area contributed by atoms with Crippen molar-refractivity contribution in [1.29, 1.82) is 0 Å². The molecule has 0 saturated carbocycles. The largest absolute Gasteiger partial charge is 0.497 e. The van der Waals surface area contributed by atoms with Crippen LogP contribution in [0.5, 0.6) is 5.75 Å². The lowest BCUT2D eigenvalue weighted by molar-refractivity contribution is 0.415. The molecule has 0 bridgehead atoms. The summed E-state index contributed by atoms with van der Waals surface area (Å²) in [6.07, 6.45) is 9.22. The average Bonchev–Trinajstić information content (AvgIpc) is 3.37. The Morgan fingerprint density at radius 1 is 1.06 bits per heavy atom. The van der Waals surface area contributed by atoms with Crippen molar-refractivity contribution in [3.63, 3.8) is 0 Å². The molecule has 0 atom stereocenters. The van der Waals surface area contributed by atoms with Crippen molar-refractivity contribution >= 4 is 23.7 Å². The lowest BCUT2D eigenvalue weighted by Gasteiger charge is -2.19. The van der Waals surface area contributed by atoms with Crippen LogP contribution in [0.15, 0.2) is 78.2 Å². The normalized spacial score (nSPS) is 12.7. The minimum absolute atomic E-state index is 0.508. The third kappa shape index (κ3) is 4.42. The van der Waals surface area contributed by atoms with Crippen LogP contribution in [0, 0.1) is 6.92 Å². The molecular weight excluding hydrogens is 416 g/mol. The van der Waals surface area contributed by atoms with Crippen LogP contribution in [0.3, 0.4) is 0 Å². The Kier molecular flexibility index (Phi) is 5.50. The summed E-state index contributed by atoms with van der Waals surface area (Å²) in [6.45, 7) is 2.56. The van der Waals surface area contributed by atoms with Gasteiger partial charge in [-0.3, -0.25) is 4.99 Å². The number of benzene rings is 2. The standard InChI is InChI=1S/C24H22N8O/c1-17-4-7-19(32-15-22(29-30-32)18-5-8-20(33-2)9-6-18)14-21(17)27-24-26-12-10-23(28-24)31-13-3-11-25-16-31/h3-15H,16H2,1-2H3,(H,26,27,28). The molecule has 0 amide bonds. The number of methoxy groups -OCH3 is 1. The van der Waals surface area contributed by atoms with Gasteiger partial charge < -0.3 is 15.0 Å². The highest BCUT2D eigenvalue weighted by atomic mass is 16.5. The van der Waals surface area contributed by atoms with Crippen molar-refractivity contribution in [2.75, 3.05) is 24.0 Å². The molecule has 33 heavy (non-hydrogen) atoms. The first-order chi connectivity index (χ1) is 16.2. The fraction of sp³-hybridized carbons (Fsp3) is 0.125. The van der Waals surface area contributed by atoms with E-state index in [9.17, 15) is 0 Å². The van der Waals surface area contributed by atoms with Crippen LogP contribution < -0.4 is 15.0 Å². The molecule has 0 aliphatic carbocycles. The van der Waals surface area contributed by atoms with E-state index in [4.69, 9.17) is 4.74 Å². The molecule has 4 aromatic rings. The number of aliphatic imine (C=N–C) groups is 1. The minimum Gasteiger partial charge on any atom is -0.497 e. The van der Waals surface area contributed by atoms with Gasteiger partial charge in [-0.1, -0.05) is 11.3 Å². The molecule has 1 aliphatic heterocycles. The summed E-state index contributed by atoms with van der Waals surface area (Å²) in [6, 6.07) is 15.6. The van der Waals surface area contributed by atoms with Crippen molar-refractivity contribution in [3.05, 3.63) is 78.8 Å². The van der Waals surface area contributed by atoms with E-state index in [1.165, 1.54) is 0 Å². The SMILES string of the molecule is COc1ccc(-c2cn(-c3ccc(C)c(Nc4nccc(N5C=CC=NC5)n4)c3)nn2)cc1. The van der Waals surface area contributed by atoms with E-state index in [0.717, 1.165) is 39.8 Å². The zero-order chi connectivity index (χ0) is 22.6. The number of nitrogens with one attached hydrogen (secondary N) is 1. The highest BCUT2D eigenvalue weighted by Crippen LogP contribution is 2.25. The number of hydrogen-bond donors (Lipinski definition) is 1. The van der Waals surface area contributed by atoms with E-state index in [0.29, 0.717) is 12.6 Å². The summed E-state index contributed by atoms with van der Waals surface area (Å²) < 4.78 is 6.97. The van der Waals surface area contributed by atoms with Crippen LogP contribution in [-0.4, -0.2) is 45.0 Å². The molecule has 2 aromatic heterocycles. The van der Waals surface area contributed by atoms with Gasteiger partial charge in [-0.15, -0.1) is 5.10 Å². The zero-order valence-electron chi connectivity index (χ0n) is 18.3. The van der Waals surface area contributed by atoms with Gasteiger partial charge in [0.25, 0.3) is 0 Å². The second-order valence-corrected chi connectivity index (χ2v) is 7.42. The first-order valence-corrected chi connectivity index (χ1v) is 10.4. The van der Waals surface area contributed by atoms with Crippen molar-refractivity contribution in [3.8, 4) is 22.7 Å². The molecule has 0 fully saturated rings. The predicted molar refractivity (Wildman–Crippen MR) is 128 cm³/mol. The summed E-state index contributed by atoms with van der Waals surface area (Å²) in [7, 11) is 1.65. The fourth-order valence-electron chi connectivity index (χ4n) is 3.40. The van der Waals surface area contributed by atoms with Crippen molar-refractivity contribution in [1.82, 2.24) is 25.0 Å². The van der Waals surface area contributed by atoms with E-state index in [1.54, 1.807) is 24.2 Å². The van der Waals surface area contributed by atoms with E-state index < -0.39 is 0 Å². The van der Waals surface area contributed by atoms with E-state index in [2.05, 4.69) is 30.6 Å². The number of aromatic nitrogens is 5. The van der Waals surface area contributed by atoms with E-state index in [-0.39, 0.29) is 0 Å². The zero-order valence-corrected chi connectivity index (χ0v) is 18.3. The quantitative estimate of drug-likeness (QED) is 0.483. The molecule has 0 saturated heterocycles. The van der Waals surface area contributed by atoms with Gasteiger partial charge in [0.1, 0.15) is 23.9 Å². The molecule has 9 nitrogen and oxygen atoms in total. The summed E-state index contributed by atoms with van der Waals surface area (Å²) in [5.74, 6) is 2.08. The first-order valence-electron chi connectivity index (χ1n) is 10.4. The average molecular weight is 438 g/mol. The van der Waals surface area contributed by atoms with Crippen LogP contribution in [0.4, 0.5) is 17.5 Å². The summed E-state index contributed by atoms with van der Waals surface area (Å²) in [4.78, 5) is 15.2. The maximum atomic E-state index is 5.22. The Bertz CT molecular complexity index is 1330. The summed E-state index contributed by atoms with van der Waals surface area (Å²) >= 11 is 0. The molecule has 0 spiro atoms. The maximum absolute atomic E-state index is 5.22. The first kappa shape index (κ1) is 20.4. The summed E-state index contributed by atoms with van der Waals surface area (Å²) in [5, 5.41) is 12.0. The van der Waals surface area contributed by atoms with Gasteiger partial charge in [0.05, 0.1) is 19.0 Å². The van der Waals surface area contributed by atoms with E-state index in [1.807, 2.05) is 78.8 Å². The minimum atomic E-state index is 0.508. The molecule has 0 unspecified atom stereocenters. The molecule has 0 radical (unpaired) electrons. The molecule has 1 aliphatic rings. The van der Waals surface area contributed by atoms with Crippen LogP contribution in [0.2, 0.25) is 0 Å². The number of anilines is 3. The molecule has 5 rings (SSSR count). The van der Waals surface area contributed by atoms with Gasteiger partial charge in [0, 0.05) is 29.9 Å². The number of allylic oxidation sites excluding steroid dienone is 1. The number of ether oxygens (including phenoxy) is 1. The highest BCUT2D eigenvalue weighted by Gasteiger charge is 2.11. The third-order valence-electron chi connectivity index (χ3n) is 5.24.